The predicted molar refractivity (Wildman–Crippen MR) is 133 cm³/mol. The maximum atomic E-state index is 12.7. The fourth-order valence-corrected chi connectivity index (χ4v) is 2.93. The lowest BCUT2D eigenvalue weighted by Crippen LogP contribution is -2.30. The Labute approximate surface area is 212 Å². The molecule has 0 heterocycles. The van der Waals surface area contributed by atoms with Crippen LogP contribution >= 0.6 is 0 Å². The van der Waals surface area contributed by atoms with Crippen molar-refractivity contribution in [3.63, 3.8) is 0 Å². The molecule has 0 saturated carbocycles. The molecule has 0 fully saturated rings. The Morgan fingerprint density at radius 2 is 1.46 bits per heavy atom. The number of alkyl halides is 6. The standard InChI is InChI=1S/C18H16F6N4O3S.C3H8.C2H6/c1-10-3-8-15(28-32(30,31)18(22,23)24)14(9-10)11(2)26-27-16(29)25-13-6-4-12(5-7-13)17(19,20)21;1-3-2;1-2/h3-9,28H,1-2H3,(H2,25,27,29);3H2,1-2H3;1-2H3/b26-11+;;. The van der Waals surface area contributed by atoms with Crippen LogP contribution in [0.2, 0.25) is 0 Å². The predicted octanol–water partition coefficient (Wildman–Crippen LogP) is 7.26. The van der Waals surface area contributed by atoms with E-state index in [1.54, 1.807) is 6.92 Å². The first-order chi connectivity index (χ1) is 17.0. The molecule has 14 heteroatoms. The molecule has 0 aliphatic rings. The van der Waals surface area contributed by atoms with Gasteiger partial charge in [-0.15, -0.1) is 0 Å². The second-order valence-corrected chi connectivity index (χ2v) is 8.82. The van der Waals surface area contributed by atoms with Gasteiger partial charge in [0.05, 0.1) is 17.0 Å². The number of halogens is 6. The molecule has 2 amide bonds. The molecule has 7 nitrogen and oxygen atoms in total. The Hall–Kier alpha value is -3.29. The van der Waals surface area contributed by atoms with Crippen LogP contribution < -0.4 is 15.5 Å². The number of benzene rings is 2. The Kier molecular flexibility index (Phi) is 13.2. The van der Waals surface area contributed by atoms with Crippen LogP contribution in [0.15, 0.2) is 47.6 Å². The van der Waals surface area contributed by atoms with Gasteiger partial charge in [-0.3, -0.25) is 4.72 Å². The topological polar surface area (TPSA) is 99.7 Å². The average Bonchev–Trinajstić information content (AvgIpc) is 2.79. The van der Waals surface area contributed by atoms with Gasteiger partial charge in [-0.25, -0.2) is 10.2 Å². The van der Waals surface area contributed by atoms with Crippen LogP contribution in [0.4, 0.5) is 42.5 Å². The minimum atomic E-state index is -5.69. The van der Waals surface area contributed by atoms with E-state index in [2.05, 4.69) is 24.3 Å². The number of carbonyl (C=O) groups is 1. The summed E-state index contributed by atoms with van der Waals surface area (Å²) in [7, 11) is -5.69. The molecule has 0 spiro atoms. The lowest BCUT2D eigenvalue weighted by molar-refractivity contribution is -0.137. The number of carbonyl (C=O) groups excluding carboxylic acids is 1. The number of sulfonamides is 1. The first-order valence-electron chi connectivity index (χ1n) is 11.0. The van der Waals surface area contributed by atoms with Gasteiger partial charge in [-0.1, -0.05) is 45.7 Å². The van der Waals surface area contributed by atoms with Crippen molar-refractivity contribution in [3.05, 3.63) is 59.2 Å². The van der Waals surface area contributed by atoms with E-state index in [1.807, 2.05) is 19.3 Å². The number of nitrogens with one attached hydrogen (secondary N) is 3. The Morgan fingerprint density at radius 1 is 0.946 bits per heavy atom. The highest BCUT2D eigenvalue weighted by Crippen LogP contribution is 2.30. The van der Waals surface area contributed by atoms with Crippen LogP contribution in [0, 0.1) is 6.92 Å². The molecule has 3 N–H and O–H groups in total. The molecule has 0 aromatic heterocycles. The fourth-order valence-electron chi connectivity index (χ4n) is 2.35. The van der Waals surface area contributed by atoms with E-state index in [9.17, 15) is 39.6 Å². The summed E-state index contributed by atoms with van der Waals surface area (Å²) in [4.78, 5) is 11.9. The number of rotatable bonds is 5. The van der Waals surface area contributed by atoms with Crippen molar-refractivity contribution in [2.75, 3.05) is 10.0 Å². The van der Waals surface area contributed by atoms with Crippen LogP contribution in [0.25, 0.3) is 0 Å². The van der Waals surface area contributed by atoms with Crippen molar-refractivity contribution in [1.29, 1.82) is 0 Å². The third kappa shape index (κ3) is 11.1. The lowest BCUT2D eigenvalue weighted by Gasteiger charge is -2.15. The van der Waals surface area contributed by atoms with E-state index in [1.165, 1.54) is 30.2 Å². The zero-order valence-corrected chi connectivity index (χ0v) is 21.9. The summed E-state index contributed by atoms with van der Waals surface area (Å²) < 4.78 is 99.9. The van der Waals surface area contributed by atoms with Gasteiger partial charge in [0.25, 0.3) is 0 Å². The molecule has 0 radical (unpaired) electrons. The van der Waals surface area contributed by atoms with Gasteiger partial charge in [0, 0.05) is 11.3 Å². The van der Waals surface area contributed by atoms with Gasteiger partial charge in [0.15, 0.2) is 0 Å². The third-order valence-electron chi connectivity index (χ3n) is 3.91. The second kappa shape index (κ2) is 14.4. The van der Waals surface area contributed by atoms with Crippen molar-refractivity contribution in [2.24, 2.45) is 5.10 Å². The SMILES string of the molecule is C/C(=N\NC(=O)Nc1ccc(C(F)(F)F)cc1)c1cc(C)ccc1NS(=O)(=O)C(F)(F)F.CC.CCC. The summed E-state index contributed by atoms with van der Waals surface area (Å²) in [5.74, 6) is 0. The molecule has 2 rings (SSSR count). The minimum Gasteiger partial charge on any atom is -0.307 e. The van der Waals surface area contributed by atoms with Crippen LogP contribution in [0.1, 0.15) is 57.7 Å². The number of urea groups is 1. The molecule has 0 saturated heterocycles. The number of anilines is 2. The van der Waals surface area contributed by atoms with Crippen LogP contribution in [0.5, 0.6) is 0 Å². The number of aryl methyl sites for hydroxylation is 1. The summed E-state index contributed by atoms with van der Waals surface area (Å²) in [5.41, 5.74) is -4.33. The van der Waals surface area contributed by atoms with Crippen LogP contribution in [-0.2, 0) is 16.2 Å². The maximum absolute atomic E-state index is 12.7. The van der Waals surface area contributed by atoms with Crippen molar-refractivity contribution in [2.45, 2.75) is 59.6 Å². The highest BCUT2D eigenvalue weighted by molar-refractivity contribution is 7.93. The second-order valence-electron chi connectivity index (χ2n) is 7.15. The summed E-state index contributed by atoms with van der Waals surface area (Å²) >= 11 is 0. The zero-order valence-electron chi connectivity index (χ0n) is 21.1. The molecule has 2 aromatic rings. The van der Waals surface area contributed by atoms with E-state index < -0.39 is 39.0 Å². The maximum Gasteiger partial charge on any atom is 0.516 e. The van der Waals surface area contributed by atoms with Crippen LogP contribution in [-0.4, -0.2) is 25.7 Å². The van der Waals surface area contributed by atoms with Gasteiger partial charge >= 0.3 is 27.7 Å². The van der Waals surface area contributed by atoms with Crippen molar-refractivity contribution < 1.29 is 39.6 Å². The number of amides is 2. The van der Waals surface area contributed by atoms with E-state index in [4.69, 9.17) is 0 Å². The molecule has 2 aromatic carbocycles. The van der Waals surface area contributed by atoms with E-state index in [-0.39, 0.29) is 17.0 Å². The van der Waals surface area contributed by atoms with E-state index in [0.717, 1.165) is 30.3 Å². The first kappa shape index (κ1) is 33.7. The van der Waals surface area contributed by atoms with Gasteiger partial charge < -0.3 is 5.32 Å². The largest absolute Gasteiger partial charge is 0.516 e. The van der Waals surface area contributed by atoms with Crippen molar-refractivity contribution in [1.82, 2.24) is 5.43 Å². The van der Waals surface area contributed by atoms with Gasteiger partial charge in [0.2, 0.25) is 0 Å². The normalized spacial score (nSPS) is 11.8. The molecular formula is C23H30F6N4O3S. The first-order valence-corrected chi connectivity index (χ1v) is 12.5. The Balaban J connectivity index is 0.00000241. The summed E-state index contributed by atoms with van der Waals surface area (Å²) in [6.07, 6.45) is -3.29. The molecular weight excluding hydrogens is 526 g/mol. The quantitative estimate of drug-likeness (QED) is 0.205. The van der Waals surface area contributed by atoms with Crippen molar-refractivity contribution >= 4 is 33.1 Å². The fraction of sp³-hybridized carbons (Fsp3) is 0.391. The van der Waals surface area contributed by atoms with E-state index >= 15 is 0 Å². The molecule has 0 atom stereocenters. The number of hydrogen-bond acceptors (Lipinski definition) is 4. The van der Waals surface area contributed by atoms with E-state index in [0.29, 0.717) is 5.56 Å². The van der Waals surface area contributed by atoms with Gasteiger partial charge in [-0.05, 0) is 50.2 Å². The summed E-state index contributed by atoms with van der Waals surface area (Å²) in [5, 5.41) is 5.93. The average molecular weight is 557 g/mol. The number of hydrazone groups is 1. The minimum absolute atomic E-state index is 0.0255. The Morgan fingerprint density at radius 3 is 1.92 bits per heavy atom. The number of nitrogens with zero attached hydrogens (tertiary/aromatic N) is 1. The molecule has 0 aliphatic heterocycles. The number of hydrogen-bond donors (Lipinski definition) is 3. The zero-order chi connectivity index (χ0) is 29.0. The van der Waals surface area contributed by atoms with Gasteiger partial charge in [0.1, 0.15) is 0 Å². The van der Waals surface area contributed by atoms with Crippen LogP contribution in [0.3, 0.4) is 0 Å². The highest BCUT2D eigenvalue weighted by Gasteiger charge is 2.46. The summed E-state index contributed by atoms with van der Waals surface area (Å²) in [6.45, 7) is 11.2. The molecule has 0 aliphatic carbocycles. The Bertz CT molecular complexity index is 1150. The molecule has 0 unspecified atom stereocenters. The third-order valence-corrected chi connectivity index (χ3v) is 5.01. The smallest absolute Gasteiger partial charge is 0.307 e. The van der Waals surface area contributed by atoms with Gasteiger partial charge in [-0.2, -0.15) is 39.9 Å². The molecule has 0 bridgehead atoms. The molecule has 37 heavy (non-hydrogen) atoms. The van der Waals surface area contributed by atoms with Crippen molar-refractivity contribution in [3.8, 4) is 0 Å². The molecule has 208 valence electrons. The monoisotopic (exact) mass is 556 g/mol. The summed E-state index contributed by atoms with van der Waals surface area (Å²) in [6, 6.07) is 6.43. The highest BCUT2D eigenvalue weighted by atomic mass is 32.2. The lowest BCUT2D eigenvalue weighted by atomic mass is 10.1.